The molecule has 1 atom stereocenters. The SMILES string of the molecule is CCNC(=NCc1cccc(OCC(F)F)c1)NCC(C)(O)CN1CCOCC1.I. The maximum Gasteiger partial charge on any atom is 0.272 e. The first-order chi connectivity index (χ1) is 13.9. The molecule has 1 aromatic rings. The van der Waals surface area contributed by atoms with Crippen molar-refractivity contribution in [2.75, 3.05) is 52.5 Å². The Hall–Kier alpha value is -1.24. The van der Waals surface area contributed by atoms with Gasteiger partial charge < -0.3 is 25.2 Å². The number of ether oxygens (including phenoxy) is 2. The van der Waals surface area contributed by atoms with Gasteiger partial charge in [-0.15, -0.1) is 24.0 Å². The molecule has 0 aliphatic carbocycles. The lowest BCUT2D eigenvalue weighted by molar-refractivity contribution is -0.0201. The first-order valence-corrected chi connectivity index (χ1v) is 9.92. The summed E-state index contributed by atoms with van der Waals surface area (Å²) in [6.07, 6.45) is -2.51. The molecule has 0 aromatic heterocycles. The van der Waals surface area contributed by atoms with Crippen LogP contribution in [-0.2, 0) is 11.3 Å². The van der Waals surface area contributed by atoms with Gasteiger partial charge in [0.15, 0.2) is 5.96 Å². The van der Waals surface area contributed by atoms with Crippen LogP contribution >= 0.6 is 24.0 Å². The van der Waals surface area contributed by atoms with E-state index in [1.54, 1.807) is 25.1 Å². The van der Waals surface area contributed by atoms with Crippen molar-refractivity contribution in [3.8, 4) is 5.75 Å². The molecule has 3 N–H and O–H groups in total. The fraction of sp³-hybridized carbons (Fsp3) is 0.650. The monoisotopic (exact) mass is 542 g/mol. The smallest absolute Gasteiger partial charge is 0.272 e. The fourth-order valence-electron chi connectivity index (χ4n) is 2.98. The van der Waals surface area contributed by atoms with Gasteiger partial charge >= 0.3 is 0 Å². The number of hydrogen-bond donors (Lipinski definition) is 3. The lowest BCUT2D eigenvalue weighted by atomic mass is 10.1. The van der Waals surface area contributed by atoms with Crippen molar-refractivity contribution in [3.05, 3.63) is 29.8 Å². The Morgan fingerprint density at radius 2 is 2.07 bits per heavy atom. The second-order valence-electron chi connectivity index (χ2n) is 7.28. The number of morpholine rings is 1. The van der Waals surface area contributed by atoms with Crippen LogP contribution in [0, 0.1) is 0 Å². The molecule has 1 fully saturated rings. The molecule has 0 bridgehead atoms. The standard InChI is InChI=1S/C20H32F2N4O3.HI/c1-3-23-19(25-14-20(2,27)15-26-7-9-28-10-8-26)24-12-16-5-4-6-17(11-16)29-13-18(21)22;/h4-6,11,18,27H,3,7-10,12-15H2,1-2H3,(H2,23,24,25);1H. The molecule has 1 saturated heterocycles. The van der Waals surface area contributed by atoms with E-state index in [1.807, 2.05) is 13.0 Å². The van der Waals surface area contributed by atoms with E-state index in [4.69, 9.17) is 9.47 Å². The Morgan fingerprint density at radius 3 is 2.73 bits per heavy atom. The summed E-state index contributed by atoms with van der Waals surface area (Å²) in [5.74, 6) is 0.970. The third-order valence-electron chi connectivity index (χ3n) is 4.34. The van der Waals surface area contributed by atoms with Gasteiger partial charge in [0.1, 0.15) is 12.4 Å². The number of hydrogen-bond acceptors (Lipinski definition) is 5. The summed E-state index contributed by atoms with van der Waals surface area (Å²) in [6.45, 7) is 8.05. The van der Waals surface area contributed by atoms with Crippen LogP contribution in [0.5, 0.6) is 5.75 Å². The summed E-state index contributed by atoms with van der Waals surface area (Å²) >= 11 is 0. The third kappa shape index (κ3) is 10.7. The van der Waals surface area contributed by atoms with E-state index in [2.05, 4.69) is 20.5 Å². The molecule has 1 aliphatic heterocycles. The van der Waals surface area contributed by atoms with Gasteiger partial charge in [-0.3, -0.25) is 4.90 Å². The zero-order valence-electron chi connectivity index (χ0n) is 17.6. The largest absolute Gasteiger partial charge is 0.488 e. The molecule has 1 heterocycles. The highest BCUT2D eigenvalue weighted by molar-refractivity contribution is 14.0. The van der Waals surface area contributed by atoms with E-state index < -0.39 is 18.6 Å². The number of rotatable bonds is 10. The van der Waals surface area contributed by atoms with Gasteiger partial charge in [0.25, 0.3) is 6.43 Å². The first-order valence-electron chi connectivity index (χ1n) is 9.92. The Balaban J connectivity index is 0.00000450. The second kappa shape index (κ2) is 13.9. The fourth-order valence-corrected chi connectivity index (χ4v) is 2.98. The minimum atomic E-state index is -2.51. The number of nitrogens with zero attached hydrogens (tertiary/aromatic N) is 2. The van der Waals surface area contributed by atoms with Gasteiger partial charge in [-0.1, -0.05) is 12.1 Å². The summed E-state index contributed by atoms with van der Waals surface area (Å²) in [7, 11) is 0. The molecule has 30 heavy (non-hydrogen) atoms. The maximum atomic E-state index is 12.3. The normalized spacial score (nSPS) is 17.2. The van der Waals surface area contributed by atoms with E-state index in [-0.39, 0.29) is 24.0 Å². The van der Waals surface area contributed by atoms with Crippen molar-refractivity contribution >= 4 is 29.9 Å². The van der Waals surface area contributed by atoms with Crippen LogP contribution in [0.25, 0.3) is 0 Å². The molecular weight excluding hydrogens is 509 g/mol. The Bertz CT molecular complexity index is 644. The van der Waals surface area contributed by atoms with Gasteiger partial charge in [-0.2, -0.15) is 0 Å². The number of nitrogens with one attached hydrogen (secondary N) is 2. The van der Waals surface area contributed by atoms with Gasteiger partial charge in [0.2, 0.25) is 0 Å². The van der Waals surface area contributed by atoms with Gasteiger partial charge in [0, 0.05) is 32.7 Å². The van der Waals surface area contributed by atoms with Crippen LogP contribution in [0.4, 0.5) is 8.78 Å². The summed E-state index contributed by atoms with van der Waals surface area (Å²) in [4.78, 5) is 6.70. The van der Waals surface area contributed by atoms with Crippen molar-refractivity contribution in [2.45, 2.75) is 32.4 Å². The third-order valence-corrected chi connectivity index (χ3v) is 4.34. The molecule has 1 aromatic carbocycles. The highest BCUT2D eigenvalue weighted by atomic mass is 127. The average Bonchev–Trinajstić information content (AvgIpc) is 2.69. The Morgan fingerprint density at radius 1 is 1.33 bits per heavy atom. The van der Waals surface area contributed by atoms with Gasteiger partial charge in [0.05, 0.1) is 25.4 Å². The predicted molar refractivity (Wildman–Crippen MR) is 124 cm³/mol. The number of β-amino-alcohol motifs (C(OH)–C–C–N with tert-alkyl or cyclic N) is 1. The van der Waals surface area contributed by atoms with E-state index in [1.165, 1.54) is 0 Å². The number of alkyl halides is 2. The van der Waals surface area contributed by atoms with E-state index >= 15 is 0 Å². The molecule has 1 unspecified atom stereocenters. The molecule has 1 aliphatic rings. The Kier molecular flexibility index (Phi) is 12.5. The zero-order valence-corrected chi connectivity index (χ0v) is 19.9. The van der Waals surface area contributed by atoms with Crippen LogP contribution in [0.2, 0.25) is 0 Å². The molecule has 0 amide bonds. The number of aliphatic imine (C=N–C) groups is 1. The average molecular weight is 542 g/mol. The highest BCUT2D eigenvalue weighted by Crippen LogP contribution is 2.15. The predicted octanol–water partition coefficient (Wildman–Crippen LogP) is 2.09. The molecule has 0 saturated carbocycles. The zero-order chi connectivity index (χ0) is 21.1. The molecule has 7 nitrogen and oxygen atoms in total. The number of benzene rings is 1. The van der Waals surface area contributed by atoms with E-state index in [0.717, 1.165) is 18.7 Å². The maximum absolute atomic E-state index is 12.3. The number of halogens is 3. The van der Waals surface area contributed by atoms with Crippen molar-refractivity contribution in [2.24, 2.45) is 4.99 Å². The quantitative estimate of drug-likeness (QED) is 0.239. The number of aliphatic hydroxyl groups is 1. The van der Waals surface area contributed by atoms with Crippen LogP contribution in [0.15, 0.2) is 29.3 Å². The first kappa shape index (κ1) is 26.8. The summed E-state index contributed by atoms with van der Waals surface area (Å²) < 4.78 is 35.0. The summed E-state index contributed by atoms with van der Waals surface area (Å²) in [6, 6.07) is 6.95. The minimum Gasteiger partial charge on any atom is -0.488 e. The van der Waals surface area contributed by atoms with Gasteiger partial charge in [-0.25, -0.2) is 13.8 Å². The van der Waals surface area contributed by atoms with Crippen LogP contribution in [0.1, 0.15) is 19.4 Å². The van der Waals surface area contributed by atoms with Gasteiger partial charge in [-0.05, 0) is 31.5 Å². The molecular formula is C20H33F2IN4O3. The molecule has 2 rings (SSSR count). The van der Waals surface area contributed by atoms with E-state index in [0.29, 0.717) is 51.1 Å². The van der Waals surface area contributed by atoms with E-state index in [9.17, 15) is 13.9 Å². The summed E-state index contributed by atoms with van der Waals surface area (Å²) in [5.41, 5.74) is -0.0784. The van der Waals surface area contributed by atoms with Crippen LogP contribution < -0.4 is 15.4 Å². The van der Waals surface area contributed by atoms with Crippen molar-refractivity contribution in [1.29, 1.82) is 0 Å². The molecule has 0 radical (unpaired) electrons. The lowest BCUT2D eigenvalue weighted by Gasteiger charge is -2.34. The topological polar surface area (TPSA) is 78.4 Å². The lowest BCUT2D eigenvalue weighted by Crippen LogP contribution is -2.52. The summed E-state index contributed by atoms with van der Waals surface area (Å²) in [5, 5.41) is 17.0. The molecule has 10 heteroatoms. The van der Waals surface area contributed by atoms with Crippen molar-refractivity contribution in [3.63, 3.8) is 0 Å². The van der Waals surface area contributed by atoms with Crippen LogP contribution in [-0.4, -0.2) is 80.5 Å². The number of guanidine groups is 1. The molecule has 172 valence electrons. The van der Waals surface area contributed by atoms with Crippen molar-refractivity contribution < 1.29 is 23.4 Å². The second-order valence-corrected chi connectivity index (χ2v) is 7.28. The minimum absolute atomic E-state index is 0. The Labute approximate surface area is 194 Å². The highest BCUT2D eigenvalue weighted by Gasteiger charge is 2.25. The van der Waals surface area contributed by atoms with Crippen molar-refractivity contribution in [1.82, 2.24) is 15.5 Å². The molecule has 0 spiro atoms. The van der Waals surface area contributed by atoms with Crippen LogP contribution in [0.3, 0.4) is 0 Å².